The van der Waals surface area contributed by atoms with E-state index < -0.39 is 0 Å². The van der Waals surface area contributed by atoms with Crippen LogP contribution in [0.3, 0.4) is 0 Å². The zero-order valence-corrected chi connectivity index (χ0v) is 15.7. The summed E-state index contributed by atoms with van der Waals surface area (Å²) in [5.74, 6) is 2.48. The average Bonchev–Trinajstić information content (AvgIpc) is 3.25. The molecule has 0 amide bonds. The lowest BCUT2D eigenvalue weighted by atomic mass is 9.96. The van der Waals surface area contributed by atoms with Crippen LogP contribution >= 0.6 is 0 Å². The number of nitrogens with zero attached hydrogens (tertiary/aromatic N) is 3. The molecule has 0 fully saturated rings. The second-order valence-corrected chi connectivity index (χ2v) is 7.29. The van der Waals surface area contributed by atoms with Crippen LogP contribution in [-0.4, -0.2) is 28.9 Å². The Bertz CT molecular complexity index is 1100. The molecule has 3 aromatic rings. The van der Waals surface area contributed by atoms with Crippen molar-refractivity contribution in [1.29, 1.82) is 0 Å². The molecule has 0 bridgehead atoms. The van der Waals surface area contributed by atoms with Crippen LogP contribution in [0.5, 0.6) is 17.2 Å². The SMILES string of the molecule is c1ccc2c(c1)O[C@H](c1ccncc1)N1N=C(c3ccc4c(c3)OCCO4)C[C@@H]21. The number of rotatable bonds is 2. The number of hydrazone groups is 1. The first kappa shape index (κ1) is 16.4. The Hall–Kier alpha value is -3.54. The zero-order valence-electron chi connectivity index (χ0n) is 15.7. The third kappa shape index (κ3) is 2.71. The summed E-state index contributed by atoms with van der Waals surface area (Å²) in [6.07, 6.45) is 4.10. The normalized spacial score (nSPS) is 21.7. The van der Waals surface area contributed by atoms with Crippen molar-refractivity contribution < 1.29 is 14.2 Å². The lowest BCUT2D eigenvalue weighted by Gasteiger charge is -2.38. The van der Waals surface area contributed by atoms with E-state index in [9.17, 15) is 0 Å². The number of fused-ring (bicyclic) bond motifs is 4. The van der Waals surface area contributed by atoms with Gasteiger partial charge in [0.25, 0.3) is 0 Å². The van der Waals surface area contributed by atoms with Crippen LogP contribution in [0.4, 0.5) is 0 Å². The molecule has 1 aromatic heterocycles. The fourth-order valence-electron chi connectivity index (χ4n) is 4.18. The minimum Gasteiger partial charge on any atom is -0.486 e. The molecule has 0 saturated heterocycles. The summed E-state index contributed by atoms with van der Waals surface area (Å²) in [6, 6.07) is 18.3. The van der Waals surface area contributed by atoms with Crippen molar-refractivity contribution in [3.05, 3.63) is 83.7 Å². The molecular formula is C23H19N3O3. The van der Waals surface area contributed by atoms with E-state index >= 15 is 0 Å². The van der Waals surface area contributed by atoms with Crippen LogP contribution in [0.1, 0.15) is 35.4 Å². The van der Waals surface area contributed by atoms with Crippen LogP contribution in [0, 0.1) is 0 Å². The topological polar surface area (TPSA) is 56.2 Å². The van der Waals surface area contributed by atoms with Crippen molar-refractivity contribution in [2.24, 2.45) is 5.10 Å². The van der Waals surface area contributed by atoms with Crippen LogP contribution in [0.15, 0.2) is 72.1 Å². The van der Waals surface area contributed by atoms with Gasteiger partial charge in [0.05, 0.1) is 11.8 Å². The summed E-state index contributed by atoms with van der Waals surface area (Å²) in [4.78, 5) is 4.14. The molecule has 4 heterocycles. The number of hydrogen-bond acceptors (Lipinski definition) is 6. The largest absolute Gasteiger partial charge is 0.486 e. The van der Waals surface area contributed by atoms with Gasteiger partial charge in [0, 0.05) is 35.5 Å². The summed E-state index contributed by atoms with van der Waals surface area (Å²) >= 11 is 0. The second-order valence-electron chi connectivity index (χ2n) is 7.29. The van der Waals surface area contributed by atoms with Gasteiger partial charge in [-0.05, 0) is 36.4 Å². The van der Waals surface area contributed by atoms with Gasteiger partial charge in [-0.15, -0.1) is 0 Å². The van der Waals surface area contributed by atoms with Gasteiger partial charge in [-0.3, -0.25) is 4.98 Å². The Balaban J connectivity index is 1.42. The van der Waals surface area contributed by atoms with E-state index in [4.69, 9.17) is 19.3 Å². The molecule has 6 rings (SSSR count). The van der Waals surface area contributed by atoms with Gasteiger partial charge in [0.2, 0.25) is 6.23 Å². The summed E-state index contributed by atoms with van der Waals surface area (Å²) in [7, 11) is 0. The molecule has 3 aliphatic rings. The van der Waals surface area contributed by atoms with Gasteiger partial charge in [-0.2, -0.15) is 5.10 Å². The number of para-hydroxylation sites is 1. The van der Waals surface area contributed by atoms with Gasteiger partial charge in [0.15, 0.2) is 11.5 Å². The van der Waals surface area contributed by atoms with Crippen molar-refractivity contribution in [3.8, 4) is 17.2 Å². The maximum absolute atomic E-state index is 6.35. The number of ether oxygens (including phenoxy) is 3. The van der Waals surface area contributed by atoms with Crippen molar-refractivity contribution in [2.45, 2.75) is 18.7 Å². The number of pyridine rings is 1. The van der Waals surface area contributed by atoms with E-state index in [2.05, 4.69) is 28.2 Å². The van der Waals surface area contributed by atoms with E-state index in [-0.39, 0.29) is 12.3 Å². The molecular weight excluding hydrogens is 366 g/mol. The molecule has 2 atom stereocenters. The molecule has 6 nitrogen and oxygen atoms in total. The van der Waals surface area contributed by atoms with Gasteiger partial charge >= 0.3 is 0 Å². The van der Waals surface area contributed by atoms with Gasteiger partial charge < -0.3 is 14.2 Å². The van der Waals surface area contributed by atoms with Gasteiger partial charge in [0.1, 0.15) is 19.0 Å². The van der Waals surface area contributed by atoms with Gasteiger partial charge in [-0.1, -0.05) is 18.2 Å². The molecule has 2 aromatic carbocycles. The number of aromatic nitrogens is 1. The van der Waals surface area contributed by atoms with E-state index in [1.807, 2.05) is 36.4 Å². The lowest BCUT2D eigenvalue weighted by molar-refractivity contribution is -0.0190. The Morgan fingerprint density at radius 3 is 2.59 bits per heavy atom. The highest BCUT2D eigenvalue weighted by Gasteiger charge is 2.40. The molecule has 6 heteroatoms. The Kier molecular flexibility index (Phi) is 3.69. The maximum Gasteiger partial charge on any atom is 0.213 e. The molecule has 0 spiro atoms. The highest BCUT2D eigenvalue weighted by molar-refractivity contribution is 6.02. The van der Waals surface area contributed by atoms with E-state index in [0.717, 1.165) is 46.1 Å². The molecule has 0 N–H and O–H groups in total. The number of hydrogen-bond donors (Lipinski definition) is 0. The van der Waals surface area contributed by atoms with E-state index in [0.29, 0.717) is 13.2 Å². The third-order valence-electron chi connectivity index (χ3n) is 5.57. The first-order valence-corrected chi connectivity index (χ1v) is 9.78. The monoisotopic (exact) mass is 385 g/mol. The smallest absolute Gasteiger partial charge is 0.213 e. The Morgan fingerprint density at radius 1 is 0.862 bits per heavy atom. The zero-order chi connectivity index (χ0) is 19.2. The van der Waals surface area contributed by atoms with Gasteiger partial charge in [-0.25, -0.2) is 5.01 Å². The molecule has 0 radical (unpaired) electrons. The molecule has 0 unspecified atom stereocenters. The molecule has 0 aliphatic carbocycles. The highest BCUT2D eigenvalue weighted by atomic mass is 16.6. The standard InChI is InChI=1S/C23H19N3O3/c1-2-4-20-17(3-1)19-14-18(16-5-6-21-22(13-16)28-12-11-27-21)25-26(19)23(29-20)15-7-9-24-10-8-15/h1-10,13,19,23H,11-12,14H2/t19-,23+/m0/s1. The Labute approximate surface area is 168 Å². The summed E-state index contributed by atoms with van der Waals surface area (Å²) < 4.78 is 17.8. The van der Waals surface area contributed by atoms with Crippen LogP contribution in [0.25, 0.3) is 0 Å². The Morgan fingerprint density at radius 2 is 1.69 bits per heavy atom. The fourth-order valence-corrected chi connectivity index (χ4v) is 4.18. The maximum atomic E-state index is 6.35. The molecule has 144 valence electrons. The fraction of sp³-hybridized carbons (Fsp3) is 0.217. The molecule has 29 heavy (non-hydrogen) atoms. The highest BCUT2D eigenvalue weighted by Crippen LogP contribution is 2.47. The number of benzene rings is 2. The van der Waals surface area contributed by atoms with Crippen molar-refractivity contribution >= 4 is 5.71 Å². The van der Waals surface area contributed by atoms with Crippen LogP contribution in [-0.2, 0) is 0 Å². The van der Waals surface area contributed by atoms with Crippen molar-refractivity contribution in [2.75, 3.05) is 13.2 Å². The first-order valence-electron chi connectivity index (χ1n) is 9.78. The summed E-state index contributed by atoms with van der Waals surface area (Å²) in [6.45, 7) is 1.16. The summed E-state index contributed by atoms with van der Waals surface area (Å²) in [5, 5.41) is 7.07. The quantitative estimate of drug-likeness (QED) is 0.665. The van der Waals surface area contributed by atoms with Crippen molar-refractivity contribution in [1.82, 2.24) is 9.99 Å². The molecule has 3 aliphatic heterocycles. The second kappa shape index (κ2) is 6.51. The lowest BCUT2D eigenvalue weighted by Crippen LogP contribution is -2.33. The van der Waals surface area contributed by atoms with Crippen molar-refractivity contribution in [3.63, 3.8) is 0 Å². The summed E-state index contributed by atoms with van der Waals surface area (Å²) in [5.41, 5.74) is 4.27. The third-order valence-corrected chi connectivity index (χ3v) is 5.57. The average molecular weight is 385 g/mol. The first-order chi connectivity index (χ1) is 14.4. The van der Waals surface area contributed by atoms with Crippen LogP contribution < -0.4 is 14.2 Å². The van der Waals surface area contributed by atoms with E-state index in [1.165, 1.54) is 0 Å². The predicted molar refractivity (Wildman–Crippen MR) is 107 cm³/mol. The minimum atomic E-state index is -0.285. The molecule has 0 saturated carbocycles. The van der Waals surface area contributed by atoms with Crippen LogP contribution in [0.2, 0.25) is 0 Å². The van der Waals surface area contributed by atoms with E-state index in [1.54, 1.807) is 12.4 Å². The minimum absolute atomic E-state index is 0.126. The predicted octanol–water partition coefficient (Wildman–Crippen LogP) is 4.10.